The molecule has 3 nitrogen and oxygen atoms in total. The van der Waals surface area contributed by atoms with Crippen LogP contribution in [0.4, 0.5) is 5.69 Å². The number of rotatable bonds is 5. The lowest BCUT2D eigenvalue weighted by molar-refractivity contribution is 0.329. The van der Waals surface area contributed by atoms with E-state index in [4.69, 9.17) is 15.9 Å². The predicted octanol–water partition coefficient (Wildman–Crippen LogP) is 4.53. The molecule has 0 radical (unpaired) electrons. The molecule has 0 spiro atoms. The van der Waals surface area contributed by atoms with Crippen LogP contribution in [0.25, 0.3) is 0 Å². The zero-order valence-electron chi connectivity index (χ0n) is 12.5. The van der Waals surface area contributed by atoms with Gasteiger partial charge in [-0.05, 0) is 52.2 Å². The molecule has 0 aliphatic heterocycles. The first-order chi connectivity index (χ1) is 10.7. The first-order valence-electron chi connectivity index (χ1n) is 6.69. The van der Waals surface area contributed by atoms with Crippen molar-refractivity contribution in [1.82, 2.24) is 0 Å². The Kier molecular flexibility index (Phi) is 5.62. The summed E-state index contributed by atoms with van der Waals surface area (Å²) >= 11 is 3.47. The van der Waals surface area contributed by atoms with Gasteiger partial charge in [-0.3, -0.25) is 4.99 Å². The minimum Gasteiger partial charge on any atom is -0.493 e. The number of terminal acetylenes is 1. The lowest BCUT2D eigenvalue weighted by atomic mass is 10.2. The number of para-hydroxylation sites is 1. The Balaban J connectivity index is 2.31. The minimum atomic E-state index is 0.186. The van der Waals surface area contributed by atoms with Gasteiger partial charge in [0.05, 0.1) is 17.3 Å². The summed E-state index contributed by atoms with van der Waals surface area (Å²) in [6, 6.07) is 11.7. The molecule has 22 heavy (non-hydrogen) atoms. The topological polar surface area (TPSA) is 30.8 Å². The second-order valence-corrected chi connectivity index (χ2v) is 5.43. The number of aliphatic imine (C=N–C) groups is 1. The van der Waals surface area contributed by atoms with Crippen molar-refractivity contribution in [2.45, 2.75) is 6.92 Å². The molecule has 0 unspecified atom stereocenters. The Labute approximate surface area is 139 Å². The molecule has 0 bridgehead atoms. The van der Waals surface area contributed by atoms with Gasteiger partial charge in [-0.2, -0.15) is 0 Å². The van der Waals surface area contributed by atoms with E-state index in [1.807, 2.05) is 43.3 Å². The fraction of sp³-hybridized carbons (Fsp3) is 0.167. The molecule has 0 saturated carbocycles. The molecule has 2 rings (SSSR count). The molecule has 112 valence electrons. The van der Waals surface area contributed by atoms with Crippen molar-refractivity contribution >= 4 is 27.8 Å². The maximum atomic E-state index is 5.49. The third-order valence-electron chi connectivity index (χ3n) is 3.02. The van der Waals surface area contributed by atoms with Crippen LogP contribution in [0.1, 0.15) is 11.1 Å². The van der Waals surface area contributed by atoms with Crippen molar-refractivity contribution in [3.05, 3.63) is 52.0 Å². The van der Waals surface area contributed by atoms with Gasteiger partial charge in [0.25, 0.3) is 0 Å². The van der Waals surface area contributed by atoms with Gasteiger partial charge in [0, 0.05) is 6.21 Å². The van der Waals surface area contributed by atoms with E-state index in [9.17, 15) is 0 Å². The van der Waals surface area contributed by atoms with Gasteiger partial charge in [0.1, 0.15) is 6.61 Å². The van der Waals surface area contributed by atoms with Crippen LogP contribution >= 0.6 is 15.9 Å². The van der Waals surface area contributed by atoms with E-state index in [-0.39, 0.29) is 6.61 Å². The van der Waals surface area contributed by atoms with Crippen LogP contribution in [-0.4, -0.2) is 19.9 Å². The molecule has 0 aliphatic rings. The number of hydrogen-bond donors (Lipinski definition) is 0. The summed E-state index contributed by atoms with van der Waals surface area (Å²) in [6.45, 7) is 2.21. The van der Waals surface area contributed by atoms with E-state index in [1.54, 1.807) is 13.3 Å². The fourth-order valence-corrected chi connectivity index (χ4v) is 2.49. The summed E-state index contributed by atoms with van der Waals surface area (Å²) in [5, 5.41) is 0. The van der Waals surface area contributed by atoms with E-state index < -0.39 is 0 Å². The first kappa shape index (κ1) is 16.1. The largest absolute Gasteiger partial charge is 0.493 e. The molecule has 2 aromatic rings. The number of aryl methyl sites for hydroxylation is 1. The van der Waals surface area contributed by atoms with E-state index >= 15 is 0 Å². The van der Waals surface area contributed by atoms with Crippen LogP contribution in [0.2, 0.25) is 0 Å². The van der Waals surface area contributed by atoms with Crippen LogP contribution in [0.3, 0.4) is 0 Å². The maximum Gasteiger partial charge on any atom is 0.176 e. The Morgan fingerprint density at radius 3 is 2.77 bits per heavy atom. The molecule has 0 aliphatic carbocycles. The number of benzene rings is 2. The van der Waals surface area contributed by atoms with Crippen molar-refractivity contribution in [2.75, 3.05) is 13.7 Å². The van der Waals surface area contributed by atoms with Gasteiger partial charge >= 0.3 is 0 Å². The summed E-state index contributed by atoms with van der Waals surface area (Å²) in [6.07, 6.45) is 7.01. The van der Waals surface area contributed by atoms with Gasteiger partial charge in [0.2, 0.25) is 0 Å². The van der Waals surface area contributed by atoms with Crippen LogP contribution in [0.5, 0.6) is 11.5 Å². The average Bonchev–Trinajstić information content (AvgIpc) is 2.52. The molecule has 0 atom stereocenters. The number of nitrogens with zero attached hydrogens (tertiary/aromatic N) is 1. The highest BCUT2D eigenvalue weighted by molar-refractivity contribution is 9.10. The van der Waals surface area contributed by atoms with E-state index in [1.165, 1.54) is 0 Å². The highest BCUT2D eigenvalue weighted by Gasteiger charge is 2.10. The van der Waals surface area contributed by atoms with Crippen molar-refractivity contribution in [3.63, 3.8) is 0 Å². The van der Waals surface area contributed by atoms with E-state index in [0.717, 1.165) is 21.3 Å². The zero-order valence-corrected chi connectivity index (χ0v) is 14.1. The van der Waals surface area contributed by atoms with Crippen LogP contribution in [-0.2, 0) is 0 Å². The van der Waals surface area contributed by atoms with Crippen molar-refractivity contribution in [2.24, 2.45) is 4.99 Å². The molecule has 2 aromatic carbocycles. The zero-order chi connectivity index (χ0) is 15.9. The Hall–Kier alpha value is -2.25. The summed E-state index contributed by atoms with van der Waals surface area (Å²) in [5.41, 5.74) is 2.96. The molecule has 4 heteroatoms. The number of ether oxygens (including phenoxy) is 2. The molecule has 0 N–H and O–H groups in total. The van der Waals surface area contributed by atoms with Gasteiger partial charge in [-0.1, -0.05) is 24.1 Å². The Morgan fingerprint density at radius 2 is 2.09 bits per heavy atom. The fourth-order valence-electron chi connectivity index (χ4n) is 1.92. The Bertz CT molecular complexity index is 732. The lowest BCUT2D eigenvalue weighted by Gasteiger charge is -2.11. The summed E-state index contributed by atoms with van der Waals surface area (Å²) in [5.74, 6) is 3.64. The van der Waals surface area contributed by atoms with Gasteiger partial charge in [-0.15, -0.1) is 6.42 Å². The van der Waals surface area contributed by atoms with Crippen molar-refractivity contribution in [3.8, 4) is 23.8 Å². The predicted molar refractivity (Wildman–Crippen MR) is 93.5 cm³/mol. The highest BCUT2D eigenvalue weighted by Crippen LogP contribution is 2.36. The van der Waals surface area contributed by atoms with Crippen molar-refractivity contribution < 1.29 is 9.47 Å². The van der Waals surface area contributed by atoms with Crippen LogP contribution in [0.15, 0.2) is 45.9 Å². The van der Waals surface area contributed by atoms with Gasteiger partial charge < -0.3 is 9.47 Å². The second kappa shape index (κ2) is 7.67. The first-order valence-corrected chi connectivity index (χ1v) is 7.48. The average molecular weight is 358 g/mol. The number of halogens is 1. The smallest absolute Gasteiger partial charge is 0.176 e. The third kappa shape index (κ3) is 3.90. The summed E-state index contributed by atoms with van der Waals surface area (Å²) in [4.78, 5) is 4.51. The maximum absolute atomic E-state index is 5.49. The molecule has 0 aromatic heterocycles. The third-order valence-corrected chi connectivity index (χ3v) is 3.61. The summed E-state index contributed by atoms with van der Waals surface area (Å²) in [7, 11) is 1.59. The van der Waals surface area contributed by atoms with Gasteiger partial charge in [-0.25, -0.2) is 0 Å². The summed E-state index contributed by atoms with van der Waals surface area (Å²) < 4.78 is 11.6. The monoisotopic (exact) mass is 357 g/mol. The van der Waals surface area contributed by atoms with Crippen LogP contribution in [0, 0.1) is 19.3 Å². The van der Waals surface area contributed by atoms with Crippen LogP contribution < -0.4 is 9.47 Å². The van der Waals surface area contributed by atoms with E-state index in [2.05, 4.69) is 26.8 Å². The molecular formula is C18H16BrNO2. The lowest BCUT2D eigenvalue weighted by Crippen LogP contribution is -1.98. The van der Waals surface area contributed by atoms with Gasteiger partial charge in [0.15, 0.2) is 11.5 Å². The molecule has 0 fully saturated rings. The standard InChI is InChI=1S/C18H16BrNO2/c1-4-9-22-18-15(19)10-14(11-17(18)21-3)12-20-16-8-6-5-7-13(16)2/h1,5-8,10-12H,9H2,2-3H3. The van der Waals surface area contributed by atoms with Crippen molar-refractivity contribution in [1.29, 1.82) is 0 Å². The minimum absolute atomic E-state index is 0.186. The normalized spacial score (nSPS) is 10.5. The number of hydrogen-bond acceptors (Lipinski definition) is 3. The molecule has 0 heterocycles. The second-order valence-electron chi connectivity index (χ2n) is 4.57. The Morgan fingerprint density at radius 1 is 1.32 bits per heavy atom. The highest BCUT2D eigenvalue weighted by atomic mass is 79.9. The molecule has 0 saturated heterocycles. The molecule has 0 amide bonds. The molecular weight excluding hydrogens is 342 g/mol. The van der Waals surface area contributed by atoms with E-state index in [0.29, 0.717) is 11.5 Å². The SMILES string of the molecule is C#CCOc1c(Br)cc(C=Nc2ccccc2C)cc1OC. The quantitative estimate of drug-likeness (QED) is 0.581. The number of methoxy groups -OCH3 is 1.